The van der Waals surface area contributed by atoms with Crippen LogP contribution in [0.15, 0.2) is 46.3 Å². The van der Waals surface area contributed by atoms with Crippen molar-refractivity contribution in [2.45, 2.75) is 4.90 Å². The summed E-state index contributed by atoms with van der Waals surface area (Å²) in [6, 6.07) is 2.65. The minimum absolute atomic E-state index is 0.304. The van der Waals surface area contributed by atoms with Crippen molar-refractivity contribution in [1.29, 1.82) is 0 Å². The van der Waals surface area contributed by atoms with Crippen LogP contribution in [-0.2, 0) is 0 Å². The van der Waals surface area contributed by atoms with E-state index in [9.17, 15) is 19.4 Å². The average molecular weight is 349 g/mol. The maximum absolute atomic E-state index is 12.5. The number of aromatic nitrogens is 2. The molecule has 0 aliphatic carbocycles. The van der Waals surface area contributed by atoms with Crippen molar-refractivity contribution in [1.82, 2.24) is 9.55 Å². The summed E-state index contributed by atoms with van der Waals surface area (Å²) in [7, 11) is -9.59. The standard InChI is InChI=1S/C9H6BrF5N2S/c10-9-5-17(6-16-9)7-1-3-8(4-2-7)18(11,12,13,14)15/h1-6H. The summed E-state index contributed by atoms with van der Waals surface area (Å²) in [4.78, 5) is 1.90. The number of halogens is 6. The SMILES string of the molecule is FS(F)(F)(F)(F)c1ccc(-n2cnc(Br)c2)cc1. The first kappa shape index (κ1) is 13.3. The van der Waals surface area contributed by atoms with Crippen molar-refractivity contribution in [3.8, 4) is 5.69 Å². The summed E-state index contributed by atoms with van der Waals surface area (Å²) in [5, 5.41) is 0. The minimum Gasteiger partial charge on any atom is -0.305 e. The molecule has 0 fully saturated rings. The maximum atomic E-state index is 12.5. The third-order valence-electron chi connectivity index (χ3n) is 2.13. The number of hydrogen-bond acceptors (Lipinski definition) is 1. The highest BCUT2D eigenvalue weighted by Gasteiger charge is 2.65. The molecule has 1 aromatic carbocycles. The molecule has 2 aromatic rings. The molecule has 0 saturated carbocycles. The topological polar surface area (TPSA) is 17.8 Å². The predicted molar refractivity (Wildman–Crippen MR) is 62.7 cm³/mol. The lowest BCUT2D eigenvalue weighted by atomic mass is 10.3. The molecule has 0 bridgehead atoms. The molecule has 0 N–H and O–H groups in total. The van der Waals surface area contributed by atoms with E-state index in [0.29, 0.717) is 22.4 Å². The first-order chi connectivity index (χ1) is 7.95. The van der Waals surface area contributed by atoms with Crippen LogP contribution in [0.25, 0.3) is 5.69 Å². The Morgan fingerprint density at radius 3 is 1.94 bits per heavy atom. The zero-order valence-electron chi connectivity index (χ0n) is 8.53. The molecule has 0 spiro atoms. The minimum atomic E-state index is -9.59. The second-order valence-electron chi connectivity index (χ2n) is 3.57. The first-order valence-corrected chi connectivity index (χ1v) is 7.24. The Labute approximate surface area is 107 Å². The third-order valence-corrected chi connectivity index (χ3v) is 3.70. The van der Waals surface area contributed by atoms with E-state index in [0.717, 1.165) is 12.1 Å². The molecular formula is C9H6BrF5N2S. The fourth-order valence-corrected chi connectivity index (χ4v) is 2.28. The normalized spacial score (nSPS) is 16.1. The first-order valence-electron chi connectivity index (χ1n) is 4.50. The second kappa shape index (κ2) is 3.27. The summed E-state index contributed by atoms with van der Waals surface area (Å²) in [5.74, 6) is 0. The smallest absolute Gasteiger partial charge is 0.305 e. The Balaban J connectivity index is 2.44. The van der Waals surface area contributed by atoms with Gasteiger partial charge in [0.1, 0.15) is 15.8 Å². The Bertz CT molecular complexity index is 589. The van der Waals surface area contributed by atoms with Crippen LogP contribution >= 0.6 is 26.2 Å². The van der Waals surface area contributed by atoms with Crippen LogP contribution in [0, 0.1) is 0 Å². The van der Waals surface area contributed by atoms with E-state index in [-0.39, 0.29) is 0 Å². The molecule has 18 heavy (non-hydrogen) atoms. The van der Waals surface area contributed by atoms with Crippen LogP contribution in [0.5, 0.6) is 0 Å². The molecule has 1 heterocycles. The lowest BCUT2D eigenvalue weighted by molar-refractivity contribution is 0.364. The lowest BCUT2D eigenvalue weighted by Crippen LogP contribution is -2.06. The largest absolute Gasteiger partial charge is 0.310 e. The number of nitrogens with zero attached hydrogens (tertiary/aromatic N) is 2. The highest BCUT2D eigenvalue weighted by molar-refractivity contribution is 9.10. The van der Waals surface area contributed by atoms with E-state index in [4.69, 9.17) is 0 Å². The highest BCUT2D eigenvalue weighted by Crippen LogP contribution is 3.02. The number of imidazole rings is 1. The summed E-state index contributed by atoms with van der Waals surface area (Å²) >= 11 is 3.07. The van der Waals surface area contributed by atoms with Gasteiger partial charge in [-0.15, -0.1) is 0 Å². The van der Waals surface area contributed by atoms with Crippen LogP contribution in [0.2, 0.25) is 0 Å². The van der Waals surface area contributed by atoms with E-state index >= 15 is 0 Å². The molecule has 2 rings (SSSR count). The van der Waals surface area contributed by atoms with Crippen molar-refractivity contribution in [3.63, 3.8) is 0 Å². The maximum Gasteiger partial charge on any atom is 0.310 e. The van der Waals surface area contributed by atoms with Gasteiger partial charge in [-0.1, -0.05) is 19.4 Å². The van der Waals surface area contributed by atoms with Crippen LogP contribution < -0.4 is 0 Å². The molecule has 0 atom stereocenters. The third kappa shape index (κ3) is 2.83. The zero-order valence-corrected chi connectivity index (χ0v) is 10.9. The van der Waals surface area contributed by atoms with E-state index in [1.165, 1.54) is 17.1 Å². The molecular weight excluding hydrogens is 343 g/mol. The molecule has 0 unspecified atom stereocenters. The van der Waals surface area contributed by atoms with Crippen LogP contribution in [0.3, 0.4) is 0 Å². The van der Waals surface area contributed by atoms with Crippen molar-refractivity contribution in [2.75, 3.05) is 0 Å². The molecule has 0 amide bonds. The van der Waals surface area contributed by atoms with Gasteiger partial charge in [-0.25, -0.2) is 4.98 Å². The summed E-state index contributed by atoms with van der Waals surface area (Å²) in [6.45, 7) is 0. The molecule has 0 saturated heterocycles. The Morgan fingerprint density at radius 2 is 1.56 bits per heavy atom. The van der Waals surface area contributed by atoms with Gasteiger partial charge in [0, 0.05) is 11.9 Å². The Kier molecular flexibility index (Phi) is 2.42. The number of hydrogen-bond donors (Lipinski definition) is 0. The van der Waals surface area contributed by atoms with Crippen molar-refractivity contribution < 1.29 is 19.4 Å². The van der Waals surface area contributed by atoms with Crippen molar-refractivity contribution in [3.05, 3.63) is 41.4 Å². The zero-order chi connectivity index (χ0) is 13.7. The van der Waals surface area contributed by atoms with E-state index < -0.39 is 15.1 Å². The molecule has 0 aliphatic rings. The van der Waals surface area contributed by atoms with Crippen LogP contribution in [-0.4, -0.2) is 9.55 Å². The second-order valence-corrected chi connectivity index (χ2v) is 6.79. The van der Waals surface area contributed by atoms with Gasteiger partial charge < -0.3 is 4.57 Å². The van der Waals surface area contributed by atoms with Crippen LogP contribution in [0.1, 0.15) is 0 Å². The van der Waals surface area contributed by atoms with Crippen molar-refractivity contribution >= 4 is 26.2 Å². The number of benzene rings is 1. The molecule has 0 radical (unpaired) electrons. The lowest BCUT2D eigenvalue weighted by Gasteiger charge is -2.40. The monoisotopic (exact) mass is 348 g/mol. The highest BCUT2D eigenvalue weighted by atomic mass is 79.9. The van der Waals surface area contributed by atoms with Gasteiger partial charge in [0.15, 0.2) is 0 Å². The summed E-state index contributed by atoms with van der Waals surface area (Å²) < 4.78 is 64.2. The Morgan fingerprint density at radius 1 is 1.00 bits per heavy atom. The van der Waals surface area contributed by atoms with Crippen LogP contribution in [0.4, 0.5) is 19.4 Å². The quantitative estimate of drug-likeness (QED) is 0.674. The fraction of sp³-hybridized carbons (Fsp3) is 0. The number of rotatable bonds is 2. The van der Waals surface area contributed by atoms with E-state index in [1.54, 1.807) is 0 Å². The van der Waals surface area contributed by atoms with Gasteiger partial charge >= 0.3 is 10.2 Å². The Hall–Kier alpha value is -1.09. The van der Waals surface area contributed by atoms with Gasteiger partial charge in [0.05, 0.1) is 0 Å². The molecule has 1 aromatic heterocycles. The summed E-state index contributed by atoms with van der Waals surface area (Å²) in [5.41, 5.74) is 0.304. The van der Waals surface area contributed by atoms with E-state index in [1.807, 2.05) is 0 Å². The molecule has 0 aliphatic heterocycles. The fourth-order valence-electron chi connectivity index (χ4n) is 1.32. The predicted octanol–water partition coefficient (Wildman–Crippen LogP) is 5.29. The average Bonchev–Trinajstić information content (AvgIpc) is 2.62. The van der Waals surface area contributed by atoms with Gasteiger partial charge in [-0.05, 0) is 40.2 Å². The van der Waals surface area contributed by atoms with Gasteiger partial charge in [0.25, 0.3) is 0 Å². The molecule has 2 nitrogen and oxygen atoms in total. The summed E-state index contributed by atoms with van der Waals surface area (Å²) in [6.07, 6.45) is 2.84. The van der Waals surface area contributed by atoms with Gasteiger partial charge in [-0.3, -0.25) is 0 Å². The van der Waals surface area contributed by atoms with Crippen molar-refractivity contribution in [2.24, 2.45) is 0 Å². The van der Waals surface area contributed by atoms with E-state index in [2.05, 4.69) is 20.9 Å². The molecule has 100 valence electrons. The van der Waals surface area contributed by atoms with Gasteiger partial charge in [-0.2, -0.15) is 0 Å². The van der Waals surface area contributed by atoms with Gasteiger partial charge in [0.2, 0.25) is 0 Å². The molecule has 9 heteroatoms.